The molecule has 2 N–H and O–H groups in total. The van der Waals surface area contributed by atoms with Gasteiger partial charge < -0.3 is 25.0 Å². The van der Waals surface area contributed by atoms with Gasteiger partial charge in [-0.1, -0.05) is 19.1 Å². The van der Waals surface area contributed by atoms with E-state index in [0.29, 0.717) is 71.8 Å². The highest BCUT2D eigenvalue weighted by molar-refractivity contribution is 7.88. The fourth-order valence-electron chi connectivity index (χ4n) is 9.13. The van der Waals surface area contributed by atoms with Gasteiger partial charge in [0.2, 0.25) is 16.0 Å². The van der Waals surface area contributed by atoms with E-state index in [1.54, 1.807) is 34.8 Å². The number of aryl methyl sites for hydroxylation is 1. The van der Waals surface area contributed by atoms with Crippen LogP contribution in [-0.2, 0) is 16.4 Å². The summed E-state index contributed by atoms with van der Waals surface area (Å²) in [6, 6.07) is 20.9. The molecule has 1 amide bonds. The van der Waals surface area contributed by atoms with Crippen molar-refractivity contribution in [2.45, 2.75) is 51.1 Å². The average molecular weight is 878 g/mol. The summed E-state index contributed by atoms with van der Waals surface area (Å²) in [6.45, 7) is 6.11. The fourth-order valence-corrected chi connectivity index (χ4v) is 9.96. The van der Waals surface area contributed by atoms with Crippen molar-refractivity contribution in [1.82, 2.24) is 28.6 Å². The monoisotopic (exact) mass is 877 g/mol. The van der Waals surface area contributed by atoms with Crippen LogP contribution in [0.2, 0.25) is 0 Å². The predicted molar refractivity (Wildman–Crippen MR) is 238 cm³/mol. The number of rotatable bonds is 12. The van der Waals surface area contributed by atoms with Gasteiger partial charge in [-0.3, -0.25) is 14.1 Å². The van der Waals surface area contributed by atoms with E-state index in [9.17, 15) is 22.0 Å². The molecule has 0 bridgehead atoms. The largest absolute Gasteiger partial charge is 0.496 e. The zero-order chi connectivity index (χ0) is 43.8. The number of sulfonamides is 1. The summed E-state index contributed by atoms with van der Waals surface area (Å²) in [5, 5.41) is 5.83. The van der Waals surface area contributed by atoms with Gasteiger partial charge in [-0.05, 0) is 92.3 Å². The first-order chi connectivity index (χ1) is 30.5. The maximum absolute atomic E-state index is 14.6. The third-order valence-electron chi connectivity index (χ3n) is 12.2. The Morgan fingerprint density at radius 3 is 2.48 bits per heavy atom. The van der Waals surface area contributed by atoms with Gasteiger partial charge >= 0.3 is 0 Å². The van der Waals surface area contributed by atoms with Gasteiger partial charge in [-0.15, -0.1) is 0 Å². The van der Waals surface area contributed by atoms with Gasteiger partial charge in [-0.25, -0.2) is 32.2 Å². The molecule has 0 radical (unpaired) electrons. The van der Waals surface area contributed by atoms with E-state index in [0.717, 1.165) is 69.6 Å². The van der Waals surface area contributed by atoms with Crippen LogP contribution >= 0.6 is 0 Å². The highest BCUT2D eigenvalue weighted by Crippen LogP contribution is 2.43. The van der Waals surface area contributed by atoms with Crippen LogP contribution in [0.3, 0.4) is 0 Å². The fraction of sp³-hybridized carbons (Fsp3) is 0.348. The lowest BCUT2D eigenvalue weighted by Crippen LogP contribution is -2.56. The van der Waals surface area contributed by atoms with Crippen LogP contribution in [0, 0.1) is 11.6 Å². The molecular weight excluding hydrogens is 829 g/mol. The third kappa shape index (κ3) is 8.52. The lowest BCUT2D eigenvalue weighted by Gasteiger charge is -2.48. The van der Waals surface area contributed by atoms with Gasteiger partial charge in [0.25, 0.3) is 5.91 Å². The van der Waals surface area contributed by atoms with Gasteiger partial charge in [0, 0.05) is 74.5 Å². The van der Waals surface area contributed by atoms with Gasteiger partial charge in [0.1, 0.15) is 34.5 Å². The number of imidazole rings is 1. The number of amides is 1. The second kappa shape index (κ2) is 17.5. The number of fused-ring (bicyclic) bond motifs is 4. The van der Waals surface area contributed by atoms with E-state index < -0.39 is 33.3 Å². The maximum Gasteiger partial charge on any atom is 0.259 e. The number of carbonyl (C=O) groups excluding carboxylic acids is 1. The topological polar surface area (TPSA) is 147 Å². The van der Waals surface area contributed by atoms with E-state index in [1.165, 1.54) is 30.7 Å². The number of hydrogen-bond acceptors (Lipinski definition) is 11. The number of carbonyl (C=O) groups is 1. The number of piperazine rings is 1. The second-order valence-corrected chi connectivity index (χ2v) is 18.2. The molecule has 3 aliphatic heterocycles. The number of anilines is 4. The number of para-hydroxylation sites is 1. The highest BCUT2D eigenvalue weighted by atomic mass is 32.2. The third-order valence-corrected chi connectivity index (χ3v) is 13.5. The number of nitrogens with zero attached hydrogens (tertiary/aromatic N) is 7. The molecule has 0 aliphatic carbocycles. The lowest BCUT2D eigenvalue weighted by molar-refractivity contribution is 0.102. The first-order valence-corrected chi connectivity index (χ1v) is 23.1. The minimum atomic E-state index is -3.18. The van der Waals surface area contributed by atoms with Crippen molar-refractivity contribution in [3.8, 4) is 34.1 Å². The van der Waals surface area contributed by atoms with Crippen LogP contribution in [0.4, 0.5) is 31.8 Å². The van der Waals surface area contributed by atoms with E-state index in [2.05, 4.69) is 44.5 Å². The quantitative estimate of drug-likeness (QED) is 0.127. The lowest BCUT2D eigenvalue weighted by atomic mass is 9.86. The van der Waals surface area contributed by atoms with Crippen LogP contribution in [0.5, 0.6) is 11.5 Å². The molecule has 17 heteroatoms. The number of halogens is 2. The Morgan fingerprint density at radius 2 is 1.71 bits per heavy atom. The van der Waals surface area contributed by atoms with Crippen molar-refractivity contribution in [2.75, 3.05) is 68.2 Å². The molecule has 2 atom stereocenters. The Kier molecular flexibility index (Phi) is 11.7. The number of piperidine rings is 1. The smallest absolute Gasteiger partial charge is 0.259 e. The van der Waals surface area contributed by atoms with Crippen LogP contribution in [0.15, 0.2) is 85.2 Å². The van der Waals surface area contributed by atoms with Crippen molar-refractivity contribution in [1.29, 1.82) is 0 Å². The SMILES string of the molecule is CCCOc1cc2c(cc1Nc1nccc(-c3c(-c4ccc(OC)c(C(=O)Nc5c(F)cccc5F)c4)nc4ccccn34)n1)CCC1CC(N3CCN(S(C)(=O)=O)CC3)CCN21. The number of benzene rings is 3. The van der Waals surface area contributed by atoms with Crippen molar-refractivity contribution in [3.63, 3.8) is 0 Å². The summed E-state index contributed by atoms with van der Waals surface area (Å²) in [5.41, 5.74) is 5.52. The zero-order valence-corrected chi connectivity index (χ0v) is 36.2. The minimum absolute atomic E-state index is 0.0541. The first-order valence-electron chi connectivity index (χ1n) is 21.3. The summed E-state index contributed by atoms with van der Waals surface area (Å²) in [7, 11) is -1.76. The summed E-state index contributed by atoms with van der Waals surface area (Å²) < 4.78 is 68.7. The number of ether oxygens (including phenoxy) is 2. The molecule has 0 saturated carbocycles. The molecule has 0 spiro atoms. The molecule has 6 heterocycles. The van der Waals surface area contributed by atoms with Crippen molar-refractivity contribution in [2.24, 2.45) is 0 Å². The van der Waals surface area contributed by atoms with Crippen LogP contribution in [0.25, 0.3) is 28.3 Å². The van der Waals surface area contributed by atoms with E-state index >= 15 is 0 Å². The molecule has 3 aromatic heterocycles. The Morgan fingerprint density at radius 1 is 0.905 bits per heavy atom. The summed E-state index contributed by atoms with van der Waals surface area (Å²) in [5.74, 6) is -1.30. The van der Waals surface area contributed by atoms with Crippen molar-refractivity contribution < 1.29 is 31.5 Å². The molecule has 63 heavy (non-hydrogen) atoms. The van der Waals surface area contributed by atoms with Gasteiger partial charge in [0.05, 0.1) is 48.3 Å². The van der Waals surface area contributed by atoms with E-state index in [4.69, 9.17) is 19.4 Å². The molecule has 9 rings (SSSR count). The second-order valence-electron chi connectivity index (χ2n) is 16.2. The van der Waals surface area contributed by atoms with Gasteiger partial charge in [-0.2, -0.15) is 4.31 Å². The number of hydrogen-bond donors (Lipinski definition) is 2. The van der Waals surface area contributed by atoms with Crippen molar-refractivity contribution >= 4 is 44.6 Å². The van der Waals surface area contributed by atoms with Crippen LogP contribution < -0.4 is 25.0 Å². The van der Waals surface area contributed by atoms with E-state index in [1.807, 2.05) is 28.8 Å². The van der Waals surface area contributed by atoms with Crippen LogP contribution in [-0.4, -0.2) is 108 Å². The summed E-state index contributed by atoms with van der Waals surface area (Å²) in [6.07, 6.45) is 9.63. The molecular formula is C46H49F2N9O5S. The molecule has 2 fully saturated rings. The van der Waals surface area contributed by atoms with E-state index in [-0.39, 0.29) is 11.3 Å². The Labute approximate surface area is 364 Å². The normalized spacial score (nSPS) is 18.1. The van der Waals surface area contributed by atoms with Crippen LogP contribution in [0.1, 0.15) is 48.5 Å². The number of methoxy groups -OCH3 is 1. The summed E-state index contributed by atoms with van der Waals surface area (Å²) >= 11 is 0. The molecule has 2 unspecified atom stereocenters. The molecule has 328 valence electrons. The Hall–Kier alpha value is -6.17. The zero-order valence-electron chi connectivity index (χ0n) is 35.4. The number of aromatic nitrogens is 4. The molecule has 3 aliphatic rings. The maximum atomic E-state index is 14.6. The standard InChI is InChI=1S/C46H49F2N9O5S/c1-4-24-62-40-28-38-29(11-13-32-27-31(16-19-56(32)38)54-20-22-55(23-21-54)63(3,59)60)26-37(40)51-46-49-17-15-36(50-46)44-42(52-41-10-5-6-18-57(41)44)30-12-14-39(61-2)33(25-30)45(58)53-43-34(47)8-7-9-35(43)48/h5-10,12,14-15,17-18,25-26,28,31-32H,4,11,13,16,19-24,27H2,1-3H3,(H,53,58)(H,49,50,51). The number of nitrogens with one attached hydrogen (secondary N) is 2. The Balaban J connectivity index is 0.998. The minimum Gasteiger partial charge on any atom is -0.496 e. The predicted octanol–water partition coefficient (Wildman–Crippen LogP) is 7.39. The highest BCUT2D eigenvalue weighted by Gasteiger charge is 2.37. The van der Waals surface area contributed by atoms with Gasteiger partial charge in [0.15, 0.2) is 0 Å². The van der Waals surface area contributed by atoms with Crippen molar-refractivity contribution in [3.05, 3.63) is 108 Å². The number of pyridine rings is 1. The molecule has 2 saturated heterocycles. The molecule has 14 nitrogen and oxygen atoms in total. The molecule has 3 aromatic carbocycles. The summed E-state index contributed by atoms with van der Waals surface area (Å²) in [4.78, 5) is 33.2. The first kappa shape index (κ1) is 42.1. The average Bonchev–Trinajstić information content (AvgIpc) is 3.69. The molecule has 6 aromatic rings. The Bertz CT molecular complexity index is 2780.